The summed E-state index contributed by atoms with van der Waals surface area (Å²) in [5.74, 6) is 9.79. The molecule has 12 unspecified atom stereocenters. The number of hydrogen-bond donors (Lipinski definition) is 0. The van der Waals surface area contributed by atoms with Crippen LogP contribution >= 0.6 is 0 Å². The molecule has 2 aromatic rings. The number of benzene rings is 2. The molecule has 5 aliphatic carbocycles. The lowest BCUT2D eigenvalue weighted by Gasteiger charge is -2.53. The molecule has 0 nitrogen and oxygen atoms in total. The van der Waals surface area contributed by atoms with E-state index in [4.69, 9.17) is 0 Å². The normalized spacial score (nSPS) is 38.3. The van der Waals surface area contributed by atoms with Gasteiger partial charge in [0, 0.05) is 0 Å². The lowest BCUT2D eigenvalue weighted by molar-refractivity contribution is 0.0650. The maximum Gasteiger partial charge on any atom is 0.0547 e. The van der Waals surface area contributed by atoms with Gasteiger partial charge in [0.2, 0.25) is 0 Å². The summed E-state index contributed by atoms with van der Waals surface area (Å²) in [6.45, 7) is 28.1. The highest BCUT2D eigenvalue weighted by Crippen LogP contribution is 2.70. The predicted octanol–water partition coefficient (Wildman–Crippen LogP) is 14.2. The Balaban J connectivity index is 1.21. The Morgan fingerprint density at radius 1 is 0.571 bits per heavy atom. The summed E-state index contributed by atoms with van der Waals surface area (Å²) < 4.78 is 0. The largest absolute Gasteiger partial charge is 0.0689 e. The van der Waals surface area contributed by atoms with E-state index >= 15 is 0 Å². The van der Waals surface area contributed by atoms with Crippen LogP contribution in [0.15, 0.2) is 48.5 Å². The zero-order valence-corrected chi connectivity index (χ0v) is 34.7. The van der Waals surface area contributed by atoms with Crippen molar-refractivity contribution in [2.75, 3.05) is 0 Å². The van der Waals surface area contributed by atoms with E-state index in [9.17, 15) is 0 Å². The lowest BCUT2D eigenvalue weighted by Crippen LogP contribution is -2.49. The van der Waals surface area contributed by atoms with Crippen LogP contribution in [0.1, 0.15) is 161 Å². The van der Waals surface area contributed by atoms with Crippen molar-refractivity contribution in [1.82, 2.24) is 0 Å². The zero-order chi connectivity index (χ0) is 35.0. The van der Waals surface area contributed by atoms with Crippen LogP contribution in [0.5, 0.6) is 0 Å². The molecule has 0 spiro atoms. The molecule has 49 heavy (non-hydrogen) atoms. The van der Waals surface area contributed by atoms with E-state index in [-0.39, 0.29) is 10.8 Å². The van der Waals surface area contributed by atoms with Crippen LogP contribution in [0, 0.1) is 53.3 Å². The molecule has 270 valence electrons. The fourth-order valence-corrected chi connectivity index (χ4v) is 21.0. The summed E-state index contributed by atoms with van der Waals surface area (Å²) in [7, 11) is -1.63. The van der Waals surface area contributed by atoms with Crippen LogP contribution in [0.25, 0.3) is 0 Å². The van der Waals surface area contributed by atoms with Gasteiger partial charge < -0.3 is 0 Å². The van der Waals surface area contributed by atoms with Gasteiger partial charge in [-0.1, -0.05) is 156 Å². The molecule has 0 radical (unpaired) electrons. The van der Waals surface area contributed by atoms with Gasteiger partial charge in [0.1, 0.15) is 0 Å². The molecule has 0 bridgehead atoms. The first-order valence-electron chi connectivity index (χ1n) is 21.3. The van der Waals surface area contributed by atoms with E-state index in [1.165, 1.54) is 68.9 Å². The van der Waals surface area contributed by atoms with E-state index in [1.807, 2.05) is 0 Å². The van der Waals surface area contributed by atoms with E-state index in [2.05, 4.69) is 124 Å². The van der Waals surface area contributed by atoms with Crippen LogP contribution in [-0.2, 0) is 10.8 Å². The van der Waals surface area contributed by atoms with Crippen LogP contribution in [0.3, 0.4) is 0 Å². The summed E-state index contributed by atoms with van der Waals surface area (Å²) in [6, 6.07) is 20.3. The minimum Gasteiger partial charge on any atom is -0.0689 e. The maximum absolute atomic E-state index is 2.96. The van der Waals surface area contributed by atoms with Gasteiger partial charge in [-0.3, -0.25) is 0 Å². The van der Waals surface area contributed by atoms with Gasteiger partial charge in [0.25, 0.3) is 0 Å². The number of rotatable bonds is 5. The molecule has 5 fully saturated rings. The molecule has 12 atom stereocenters. The summed E-state index contributed by atoms with van der Waals surface area (Å²) in [6.07, 6.45) is 14.9. The van der Waals surface area contributed by atoms with E-state index < -0.39 is 8.07 Å². The van der Waals surface area contributed by atoms with Gasteiger partial charge in [0.15, 0.2) is 0 Å². The fourth-order valence-electron chi connectivity index (χ4n) is 14.3. The third-order valence-electron chi connectivity index (χ3n) is 16.3. The van der Waals surface area contributed by atoms with Gasteiger partial charge in [-0.25, -0.2) is 0 Å². The molecule has 0 aromatic heterocycles. The Kier molecular flexibility index (Phi) is 9.75. The highest BCUT2D eigenvalue weighted by atomic mass is 28.3. The van der Waals surface area contributed by atoms with Gasteiger partial charge in [0.05, 0.1) is 8.07 Å². The summed E-state index contributed by atoms with van der Waals surface area (Å²) >= 11 is 0. The average molecular weight is 679 g/mol. The van der Waals surface area contributed by atoms with Crippen molar-refractivity contribution < 1.29 is 0 Å². The quantitative estimate of drug-likeness (QED) is 0.276. The highest BCUT2D eigenvalue weighted by molar-refractivity contribution is 6.80. The third-order valence-corrected chi connectivity index (χ3v) is 21.6. The Bertz CT molecular complexity index is 1420. The molecule has 0 amide bonds. The van der Waals surface area contributed by atoms with E-state index in [0.29, 0.717) is 0 Å². The molecule has 2 aromatic carbocycles. The Hall–Kier alpha value is -1.34. The highest BCUT2D eigenvalue weighted by Gasteiger charge is 2.62. The molecule has 5 aliphatic rings. The van der Waals surface area contributed by atoms with Crippen molar-refractivity contribution in [3.05, 3.63) is 70.8 Å². The summed E-state index contributed by atoms with van der Waals surface area (Å²) in [5, 5.41) is 0. The standard InChI is InChI=1S/C48H74Si/c1-30(2)40-29-41-37(32-19-23-35(24-20-32)47(4,5)6)17-14-18-39(41)46(40)49(10,11)45-31(3)27-42-43(45)28-34-15-12-13-16-38(34)44(42)33-21-25-36(26-22-33)48(7,8)9/h19-26,30-31,34,37-46H,12-18,27-29H2,1-11H3. The van der Waals surface area contributed by atoms with Crippen molar-refractivity contribution in [2.45, 2.75) is 173 Å². The molecular weight excluding hydrogens is 605 g/mol. The zero-order valence-electron chi connectivity index (χ0n) is 33.7. The molecule has 0 N–H and O–H groups in total. The van der Waals surface area contributed by atoms with E-state index in [1.54, 1.807) is 17.5 Å². The average Bonchev–Trinajstić information content (AvgIpc) is 3.61. The third kappa shape index (κ3) is 6.50. The van der Waals surface area contributed by atoms with Crippen LogP contribution < -0.4 is 0 Å². The van der Waals surface area contributed by atoms with Crippen molar-refractivity contribution in [2.24, 2.45) is 53.3 Å². The topological polar surface area (TPSA) is 0 Å². The summed E-state index contributed by atoms with van der Waals surface area (Å²) in [5.41, 5.74) is 8.80. The van der Waals surface area contributed by atoms with E-state index in [0.717, 1.165) is 76.2 Å². The second kappa shape index (κ2) is 13.3. The second-order valence-corrected chi connectivity index (χ2v) is 26.6. The van der Waals surface area contributed by atoms with Crippen molar-refractivity contribution >= 4 is 8.07 Å². The van der Waals surface area contributed by atoms with Crippen molar-refractivity contribution in [3.63, 3.8) is 0 Å². The van der Waals surface area contributed by atoms with Gasteiger partial charge in [-0.2, -0.15) is 0 Å². The minimum atomic E-state index is -1.63. The van der Waals surface area contributed by atoms with Crippen molar-refractivity contribution in [3.8, 4) is 0 Å². The molecule has 7 rings (SSSR count). The monoisotopic (exact) mass is 679 g/mol. The van der Waals surface area contributed by atoms with Gasteiger partial charge in [-0.15, -0.1) is 0 Å². The summed E-state index contributed by atoms with van der Waals surface area (Å²) in [4.78, 5) is 0. The smallest absolute Gasteiger partial charge is 0.0547 e. The molecule has 0 heterocycles. The maximum atomic E-state index is 2.96. The first-order chi connectivity index (χ1) is 23.1. The molecule has 5 saturated carbocycles. The van der Waals surface area contributed by atoms with Gasteiger partial charge in [-0.05, 0) is 141 Å². The van der Waals surface area contributed by atoms with Gasteiger partial charge >= 0.3 is 0 Å². The first-order valence-corrected chi connectivity index (χ1v) is 24.4. The number of hydrogen-bond acceptors (Lipinski definition) is 0. The fraction of sp³-hybridized carbons (Fsp3) is 0.750. The Morgan fingerprint density at radius 2 is 1.14 bits per heavy atom. The molecule has 1 heteroatoms. The lowest BCUT2D eigenvalue weighted by atomic mass is 9.57. The second-order valence-electron chi connectivity index (χ2n) is 21.6. The molecule has 0 aliphatic heterocycles. The van der Waals surface area contributed by atoms with Crippen molar-refractivity contribution in [1.29, 1.82) is 0 Å². The van der Waals surface area contributed by atoms with Crippen LogP contribution in [-0.4, -0.2) is 8.07 Å². The minimum absolute atomic E-state index is 0.226. The molecule has 0 saturated heterocycles. The SMILES string of the molecule is CC(C)C1CC2C(c3ccc(C(C)(C)C)cc3)CCCC2C1[Si](C)(C)C1C(C)CC2C1CC1CCCCC1C2c1ccc(C(C)(C)C)cc1. The predicted molar refractivity (Wildman–Crippen MR) is 215 cm³/mol. The Morgan fingerprint density at radius 3 is 1.73 bits per heavy atom. The van der Waals surface area contributed by atoms with Crippen LogP contribution in [0.2, 0.25) is 24.2 Å². The first kappa shape index (κ1) is 36.0. The number of fused-ring (bicyclic) bond motifs is 3. The van der Waals surface area contributed by atoms with Crippen LogP contribution in [0.4, 0.5) is 0 Å². The Labute approximate surface area is 304 Å². The molecular formula is C48H74Si.